The molecule has 1 N–H and O–H groups in total. The van der Waals surface area contributed by atoms with Crippen molar-refractivity contribution in [1.29, 1.82) is 0 Å². The van der Waals surface area contributed by atoms with Crippen LogP contribution in [0.3, 0.4) is 0 Å². The minimum atomic E-state index is -2.84. The Labute approximate surface area is 106 Å². The molecule has 1 saturated carbocycles. The highest BCUT2D eigenvalue weighted by Crippen LogP contribution is 2.28. The van der Waals surface area contributed by atoms with Crippen LogP contribution in [0.5, 0.6) is 0 Å². The lowest BCUT2D eigenvalue weighted by molar-refractivity contribution is 0.475. The van der Waals surface area contributed by atoms with Crippen LogP contribution >= 0.6 is 0 Å². The standard InChI is InChI=1S/C13H27NO2S/c1-4-8-14-13-6-5-12(10-13)7-9-17(15,16)11(2)3/h11-14H,4-10H2,1-3H3. The summed E-state index contributed by atoms with van der Waals surface area (Å²) in [6.45, 7) is 6.81. The van der Waals surface area contributed by atoms with Crippen molar-refractivity contribution in [2.75, 3.05) is 12.3 Å². The minimum absolute atomic E-state index is 0.224. The summed E-state index contributed by atoms with van der Waals surface area (Å²) in [6.07, 6.45) is 5.59. The summed E-state index contributed by atoms with van der Waals surface area (Å²) in [6, 6.07) is 0.627. The van der Waals surface area contributed by atoms with Crippen LogP contribution in [0, 0.1) is 5.92 Å². The van der Waals surface area contributed by atoms with E-state index in [0.29, 0.717) is 17.7 Å². The Morgan fingerprint density at radius 1 is 1.29 bits per heavy atom. The van der Waals surface area contributed by atoms with Crippen molar-refractivity contribution in [3.05, 3.63) is 0 Å². The van der Waals surface area contributed by atoms with Crippen LogP contribution in [0.15, 0.2) is 0 Å². The van der Waals surface area contributed by atoms with Gasteiger partial charge in [0, 0.05) is 6.04 Å². The molecule has 0 aliphatic heterocycles. The first kappa shape index (κ1) is 15.0. The van der Waals surface area contributed by atoms with Crippen molar-refractivity contribution in [2.45, 2.75) is 64.2 Å². The first-order chi connectivity index (χ1) is 7.95. The van der Waals surface area contributed by atoms with Crippen LogP contribution in [0.1, 0.15) is 52.9 Å². The molecule has 0 aromatic carbocycles. The molecule has 0 spiro atoms. The van der Waals surface area contributed by atoms with Gasteiger partial charge in [0.2, 0.25) is 0 Å². The normalized spacial score (nSPS) is 25.6. The van der Waals surface area contributed by atoms with E-state index >= 15 is 0 Å². The Kier molecular flexibility index (Phi) is 5.93. The molecule has 0 saturated heterocycles. The van der Waals surface area contributed by atoms with Gasteiger partial charge in [0.25, 0.3) is 0 Å². The fourth-order valence-electron chi connectivity index (χ4n) is 2.44. The lowest BCUT2D eigenvalue weighted by Crippen LogP contribution is -2.27. The molecular weight excluding hydrogens is 234 g/mol. The van der Waals surface area contributed by atoms with Crippen molar-refractivity contribution in [1.82, 2.24) is 5.32 Å². The minimum Gasteiger partial charge on any atom is -0.314 e. The Morgan fingerprint density at radius 3 is 2.59 bits per heavy atom. The summed E-state index contributed by atoms with van der Waals surface area (Å²) in [4.78, 5) is 0. The number of hydrogen-bond donors (Lipinski definition) is 1. The fraction of sp³-hybridized carbons (Fsp3) is 1.00. The van der Waals surface area contributed by atoms with E-state index in [1.165, 1.54) is 19.3 Å². The zero-order valence-electron chi connectivity index (χ0n) is 11.4. The number of hydrogen-bond acceptors (Lipinski definition) is 3. The maximum Gasteiger partial charge on any atom is 0.152 e. The Morgan fingerprint density at radius 2 is 2.00 bits per heavy atom. The molecule has 0 aromatic rings. The van der Waals surface area contributed by atoms with E-state index in [0.717, 1.165) is 19.4 Å². The highest BCUT2D eigenvalue weighted by molar-refractivity contribution is 7.91. The lowest BCUT2D eigenvalue weighted by Gasteiger charge is -2.13. The van der Waals surface area contributed by atoms with Gasteiger partial charge in [-0.3, -0.25) is 0 Å². The summed E-state index contributed by atoms with van der Waals surface area (Å²) in [5, 5.41) is 3.31. The van der Waals surface area contributed by atoms with Crippen molar-refractivity contribution in [2.24, 2.45) is 5.92 Å². The van der Waals surface area contributed by atoms with Crippen LogP contribution in [0.2, 0.25) is 0 Å². The molecule has 1 fully saturated rings. The molecular formula is C13H27NO2S. The zero-order valence-corrected chi connectivity index (χ0v) is 12.2. The van der Waals surface area contributed by atoms with Gasteiger partial charge in [0.05, 0.1) is 11.0 Å². The topological polar surface area (TPSA) is 46.2 Å². The largest absolute Gasteiger partial charge is 0.314 e. The fourth-order valence-corrected chi connectivity index (χ4v) is 3.57. The van der Waals surface area contributed by atoms with Crippen molar-refractivity contribution >= 4 is 9.84 Å². The quantitative estimate of drug-likeness (QED) is 0.765. The first-order valence-corrected chi connectivity index (χ1v) is 8.62. The van der Waals surface area contributed by atoms with Gasteiger partial charge in [-0.05, 0) is 58.4 Å². The first-order valence-electron chi connectivity index (χ1n) is 6.90. The van der Waals surface area contributed by atoms with Crippen LogP contribution < -0.4 is 5.32 Å². The van der Waals surface area contributed by atoms with Crippen molar-refractivity contribution < 1.29 is 8.42 Å². The highest BCUT2D eigenvalue weighted by Gasteiger charge is 2.26. The van der Waals surface area contributed by atoms with Gasteiger partial charge in [0.15, 0.2) is 9.84 Å². The molecule has 0 amide bonds. The van der Waals surface area contributed by atoms with Gasteiger partial charge in [-0.15, -0.1) is 0 Å². The molecule has 2 atom stereocenters. The van der Waals surface area contributed by atoms with E-state index < -0.39 is 9.84 Å². The van der Waals surface area contributed by atoms with Gasteiger partial charge in [-0.25, -0.2) is 8.42 Å². The van der Waals surface area contributed by atoms with Gasteiger partial charge in [0.1, 0.15) is 0 Å². The number of nitrogens with one attached hydrogen (secondary N) is 1. The molecule has 2 unspecified atom stereocenters. The van der Waals surface area contributed by atoms with Gasteiger partial charge in [-0.1, -0.05) is 6.92 Å². The third-order valence-electron chi connectivity index (χ3n) is 3.75. The van der Waals surface area contributed by atoms with Crippen molar-refractivity contribution in [3.63, 3.8) is 0 Å². The maximum absolute atomic E-state index is 11.7. The summed E-state index contributed by atoms with van der Waals surface area (Å²) in [5.41, 5.74) is 0. The molecule has 0 radical (unpaired) electrons. The average molecular weight is 261 g/mol. The zero-order chi connectivity index (χ0) is 12.9. The lowest BCUT2D eigenvalue weighted by atomic mass is 10.1. The predicted octanol–water partition coefficient (Wildman–Crippen LogP) is 2.37. The molecule has 102 valence electrons. The van der Waals surface area contributed by atoms with E-state index in [4.69, 9.17) is 0 Å². The molecule has 1 rings (SSSR count). The SMILES string of the molecule is CCCNC1CCC(CCS(=O)(=O)C(C)C)C1. The van der Waals surface area contributed by atoms with E-state index in [-0.39, 0.29) is 5.25 Å². The second kappa shape index (κ2) is 6.74. The molecule has 0 aromatic heterocycles. The summed E-state index contributed by atoms with van der Waals surface area (Å²) in [7, 11) is -2.84. The Balaban J connectivity index is 2.27. The van der Waals surface area contributed by atoms with Crippen molar-refractivity contribution in [3.8, 4) is 0 Å². The van der Waals surface area contributed by atoms with E-state index in [9.17, 15) is 8.42 Å². The molecule has 0 bridgehead atoms. The van der Waals surface area contributed by atoms with Gasteiger partial charge < -0.3 is 5.32 Å². The molecule has 17 heavy (non-hydrogen) atoms. The van der Waals surface area contributed by atoms with E-state index in [1.807, 2.05) is 0 Å². The summed E-state index contributed by atoms with van der Waals surface area (Å²) < 4.78 is 23.4. The predicted molar refractivity (Wildman–Crippen MR) is 73.0 cm³/mol. The number of rotatable bonds is 7. The van der Waals surface area contributed by atoms with Gasteiger partial charge in [-0.2, -0.15) is 0 Å². The third kappa shape index (κ3) is 4.96. The van der Waals surface area contributed by atoms with Gasteiger partial charge >= 0.3 is 0 Å². The molecule has 1 aliphatic carbocycles. The van der Waals surface area contributed by atoms with Crippen LogP contribution in [0.25, 0.3) is 0 Å². The monoisotopic (exact) mass is 261 g/mol. The van der Waals surface area contributed by atoms with E-state index in [2.05, 4.69) is 12.2 Å². The second-order valence-corrected chi connectivity index (χ2v) is 8.21. The molecule has 4 heteroatoms. The summed E-state index contributed by atoms with van der Waals surface area (Å²) >= 11 is 0. The van der Waals surface area contributed by atoms with E-state index in [1.54, 1.807) is 13.8 Å². The molecule has 0 heterocycles. The highest BCUT2D eigenvalue weighted by atomic mass is 32.2. The van der Waals surface area contributed by atoms with Crippen LogP contribution in [0.4, 0.5) is 0 Å². The molecule has 3 nitrogen and oxygen atoms in total. The average Bonchev–Trinajstić information content (AvgIpc) is 2.71. The Bertz CT molecular complexity index is 311. The third-order valence-corrected chi connectivity index (χ3v) is 5.99. The van der Waals surface area contributed by atoms with Crippen LogP contribution in [-0.4, -0.2) is 32.0 Å². The number of sulfone groups is 1. The summed E-state index contributed by atoms with van der Waals surface area (Å²) in [5.74, 6) is 0.980. The van der Waals surface area contributed by atoms with Crippen LogP contribution in [-0.2, 0) is 9.84 Å². The maximum atomic E-state index is 11.7. The smallest absolute Gasteiger partial charge is 0.152 e. The second-order valence-electron chi connectivity index (χ2n) is 5.53. The Hall–Kier alpha value is -0.0900. The molecule has 1 aliphatic rings.